The van der Waals surface area contributed by atoms with E-state index in [9.17, 15) is 9.59 Å². The van der Waals surface area contributed by atoms with E-state index in [1.165, 1.54) is 0 Å². The third-order valence-corrected chi connectivity index (χ3v) is 9.61. The zero-order valence-electron chi connectivity index (χ0n) is 12.1. The number of aldehydes is 1. The van der Waals surface area contributed by atoms with Gasteiger partial charge in [0.2, 0.25) is 0 Å². The fourth-order valence-electron chi connectivity index (χ4n) is 3.28. The third kappa shape index (κ3) is 2.56. The first-order valence-electron chi connectivity index (χ1n) is 7.38. The van der Waals surface area contributed by atoms with Crippen LogP contribution in [0.25, 0.3) is 0 Å². The number of hydrogen-bond acceptors (Lipinski definition) is 4. The van der Waals surface area contributed by atoms with Crippen LogP contribution in [0.2, 0.25) is 18.1 Å². The van der Waals surface area contributed by atoms with Gasteiger partial charge >= 0.3 is 0 Å². The number of epoxide rings is 1. The molecule has 0 amide bonds. The van der Waals surface area contributed by atoms with Crippen LogP contribution in [-0.2, 0) is 18.8 Å². The molecule has 19 heavy (non-hydrogen) atoms. The Labute approximate surface area is 116 Å². The van der Waals surface area contributed by atoms with Crippen molar-refractivity contribution in [1.29, 1.82) is 0 Å². The molecule has 0 aromatic heterocycles. The summed E-state index contributed by atoms with van der Waals surface area (Å²) in [6.45, 7) is 6.52. The van der Waals surface area contributed by atoms with Crippen molar-refractivity contribution in [2.24, 2.45) is 0 Å². The van der Waals surface area contributed by atoms with Crippen LogP contribution >= 0.6 is 0 Å². The molecule has 0 bridgehead atoms. The number of carbonyl (C=O) groups excluding carboxylic acids is 2. The molecule has 0 unspecified atom stereocenters. The molecule has 0 radical (unpaired) electrons. The van der Waals surface area contributed by atoms with Gasteiger partial charge in [-0.25, -0.2) is 0 Å². The molecule has 5 heteroatoms. The van der Waals surface area contributed by atoms with Crippen LogP contribution in [0.5, 0.6) is 0 Å². The summed E-state index contributed by atoms with van der Waals surface area (Å²) in [5, 5.41) is 0. The summed E-state index contributed by atoms with van der Waals surface area (Å²) in [5.41, 5.74) is -0.519. The third-order valence-electron chi connectivity index (χ3n) is 4.90. The lowest BCUT2D eigenvalue weighted by Crippen LogP contribution is -2.53. The van der Waals surface area contributed by atoms with E-state index in [0.717, 1.165) is 24.4 Å². The topological polar surface area (TPSA) is 55.9 Å². The first-order valence-corrected chi connectivity index (χ1v) is 9.91. The largest absolute Gasteiger partial charge is 0.408 e. The Morgan fingerprint density at radius 3 is 2.53 bits per heavy atom. The van der Waals surface area contributed by atoms with Crippen molar-refractivity contribution in [2.45, 2.75) is 76.0 Å². The lowest BCUT2D eigenvalue weighted by molar-refractivity contribution is -0.124. The SMILES string of the molecule is CC[Si](CC)(CC)O[C@@]1(CC=O)CCC(=O)[C@H]2O[C@H]21. The summed E-state index contributed by atoms with van der Waals surface area (Å²) in [5.74, 6) is 0.173. The van der Waals surface area contributed by atoms with Crippen LogP contribution in [0, 0.1) is 0 Å². The van der Waals surface area contributed by atoms with E-state index in [1.54, 1.807) is 0 Å². The van der Waals surface area contributed by atoms with Crippen molar-refractivity contribution in [3.8, 4) is 0 Å². The van der Waals surface area contributed by atoms with E-state index in [0.29, 0.717) is 19.3 Å². The molecule has 2 aliphatic rings. The second-order valence-electron chi connectivity index (χ2n) is 5.72. The zero-order chi connectivity index (χ0) is 14.1. The number of fused-ring (bicyclic) bond motifs is 1. The molecule has 1 saturated carbocycles. The molecule has 2 fully saturated rings. The lowest BCUT2D eigenvalue weighted by atomic mass is 9.82. The van der Waals surface area contributed by atoms with E-state index >= 15 is 0 Å². The Kier molecular flexibility index (Phi) is 4.28. The standard InChI is InChI=1S/C14H24O4Si/c1-4-19(5-2,6-3)18-14(9-10-15)8-7-11(16)12-13(14)17-12/h10,12-13H,4-9H2,1-3H3/t12-,13-,14-/m1/s1. The van der Waals surface area contributed by atoms with Gasteiger partial charge in [-0.1, -0.05) is 20.8 Å². The fraction of sp³-hybridized carbons (Fsp3) is 0.857. The van der Waals surface area contributed by atoms with Gasteiger partial charge in [0.15, 0.2) is 14.1 Å². The van der Waals surface area contributed by atoms with Crippen LogP contribution in [0.1, 0.15) is 40.0 Å². The van der Waals surface area contributed by atoms with Gasteiger partial charge in [0.1, 0.15) is 18.5 Å². The van der Waals surface area contributed by atoms with Crippen molar-refractivity contribution >= 4 is 20.4 Å². The van der Waals surface area contributed by atoms with Gasteiger partial charge in [-0.15, -0.1) is 0 Å². The van der Waals surface area contributed by atoms with Gasteiger partial charge < -0.3 is 14.0 Å². The number of ketones is 1. The summed E-state index contributed by atoms with van der Waals surface area (Å²) in [4.78, 5) is 22.7. The maximum absolute atomic E-state index is 11.6. The number of rotatable bonds is 7. The highest BCUT2D eigenvalue weighted by atomic mass is 28.4. The van der Waals surface area contributed by atoms with Gasteiger partial charge in [0.25, 0.3) is 0 Å². The van der Waals surface area contributed by atoms with Crippen LogP contribution < -0.4 is 0 Å². The number of carbonyl (C=O) groups is 2. The Hall–Kier alpha value is -0.523. The molecule has 1 heterocycles. The summed E-state index contributed by atoms with van der Waals surface area (Å²) in [7, 11) is -1.80. The molecule has 108 valence electrons. The predicted octanol–water partition coefficient (Wildman–Crippen LogP) is 2.47. The molecule has 0 spiro atoms. The smallest absolute Gasteiger partial charge is 0.192 e. The highest BCUT2D eigenvalue weighted by Crippen LogP contribution is 2.47. The van der Waals surface area contributed by atoms with Gasteiger partial charge in [-0.05, 0) is 24.6 Å². The van der Waals surface area contributed by atoms with Crippen LogP contribution in [0.3, 0.4) is 0 Å². The van der Waals surface area contributed by atoms with Crippen LogP contribution in [0.4, 0.5) is 0 Å². The van der Waals surface area contributed by atoms with Crippen molar-refractivity contribution in [1.82, 2.24) is 0 Å². The number of hydrogen-bond donors (Lipinski definition) is 0. The number of ether oxygens (including phenoxy) is 1. The summed E-state index contributed by atoms with van der Waals surface area (Å²) < 4.78 is 12.1. The first-order chi connectivity index (χ1) is 9.06. The summed E-state index contributed by atoms with van der Waals surface area (Å²) in [6.07, 6.45) is 1.93. The first kappa shape index (κ1) is 14.9. The minimum absolute atomic E-state index is 0.171. The molecular formula is C14H24O4Si. The van der Waals surface area contributed by atoms with E-state index in [4.69, 9.17) is 9.16 Å². The van der Waals surface area contributed by atoms with Crippen molar-refractivity contribution in [2.75, 3.05) is 0 Å². The highest BCUT2D eigenvalue weighted by molar-refractivity contribution is 6.73. The molecule has 0 aromatic rings. The van der Waals surface area contributed by atoms with Crippen molar-refractivity contribution < 1.29 is 18.8 Å². The molecule has 0 aromatic carbocycles. The Morgan fingerprint density at radius 1 is 1.37 bits per heavy atom. The maximum Gasteiger partial charge on any atom is 0.192 e. The fourth-order valence-corrected chi connectivity index (χ4v) is 6.38. The van der Waals surface area contributed by atoms with Crippen molar-refractivity contribution in [3.05, 3.63) is 0 Å². The molecule has 1 saturated heterocycles. The van der Waals surface area contributed by atoms with E-state index < -0.39 is 13.9 Å². The average molecular weight is 284 g/mol. The minimum Gasteiger partial charge on any atom is -0.408 e. The Morgan fingerprint density at radius 2 is 2.00 bits per heavy atom. The average Bonchev–Trinajstić information content (AvgIpc) is 3.23. The van der Waals surface area contributed by atoms with Gasteiger partial charge in [0, 0.05) is 12.8 Å². The predicted molar refractivity (Wildman–Crippen MR) is 74.6 cm³/mol. The molecule has 2 rings (SSSR count). The van der Waals surface area contributed by atoms with Crippen LogP contribution in [0.15, 0.2) is 0 Å². The normalized spacial score (nSPS) is 33.9. The second-order valence-corrected chi connectivity index (χ2v) is 10.4. The lowest BCUT2D eigenvalue weighted by Gasteiger charge is -2.42. The Bertz CT molecular complexity index is 358. The van der Waals surface area contributed by atoms with E-state index in [-0.39, 0.29) is 18.0 Å². The van der Waals surface area contributed by atoms with Crippen molar-refractivity contribution in [3.63, 3.8) is 0 Å². The molecule has 4 nitrogen and oxygen atoms in total. The monoisotopic (exact) mass is 284 g/mol. The molecule has 1 aliphatic heterocycles. The number of Topliss-reactive ketones (excluding diaryl/α,β-unsaturated/α-hetero) is 1. The van der Waals surface area contributed by atoms with Gasteiger partial charge in [-0.2, -0.15) is 0 Å². The molecule has 0 N–H and O–H groups in total. The molecule has 3 atom stereocenters. The van der Waals surface area contributed by atoms with E-state index in [2.05, 4.69) is 20.8 Å². The summed E-state index contributed by atoms with van der Waals surface area (Å²) in [6, 6.07) is 3.14. The zero-order valence-corrected chi connectivity index (χ0v) is 13.1. The maximum atomic E-state index is 11.6. The quantitative estimate of drug-likeness (QED) is 0.409. The van der Waals surface area contributed by atoms with Gasteiger partial charge in [-0.3, -0.25) is 4.79 Å². The Balaban J connectivity index is 2.21. The van der Waals surface area contributed by atoms with Gasteiger partial charge in [0.05, 0.1) is 5.60 Å². The summed E-state index contributed by atoms with van der Waals surface area (Å²) >= 11 is 0. The van der Waals surface area contributed by atoms with E-state index in [1.807, 2.05) is 0 Å². The highest BCUT2D eigenvalue weighted by Gasteiger charge is 2.62. The molecular weight excluding hydrogens is 260 g/mol. The van der Waals surface area contributed by atoms with Crippen LogP contribution in [-0.4, -0.2) is 38.2 Å². The second kappa shape index (κ2) is 5.46. The minimum atomic E-state index is -1.80. The molecule has 1 aliphatic carbocycles.